The number of aromatic nitrogens is 2. The van der Waals surface area contributed by atoms with E-state index >= 15 is 0 Å². The van der Waals surface area contributed by atoms with Gasteiger partial charge in [-0.25, -0.2) is 0 Å². The van der Waals surface area contributed by atoms with Gasteiger partial charge in [-0.15, -0.1) is 10.2 Å². The van der Waals surface area contributed by atoms with Gasteiger partial charge in [-0.3, -0.25) is 0 Å². The largest absolute Gasteiger partial charge is 0.484 e. The summed E-state index contributed by atoms with van der Waals surface area (Å²) in [5, 5.41) is 7.77. The molecule has 0 saturated carbocycles. The minimum absolute atomic E-state index is 0.295. The van der Waals surface area contributed by atoms with Crippen molar-refractivity contribution in [3.63, 3.8) is 0 Å². The summed E-state index contributed by atoms with van der Waals surface area (Å²) in [6, 6.07) is 7.85. The van der Waals surface area contributed by atoms with Crippen molar-refractivity contribution < 1.29 is 9.15 Å². The van der Waals surface area contributed by atoms with E-state index in [2.05, 4.69) is 10.2 Å². The second-order valence-corrected chi connectivity index (χ2v) is 3.91. The maximum absolute atomic E-state index is 5.56. The fourth-order valence-corrected chi connectivity index (χ4v) is 1.55. The van der Waals surface area contributed by atoms with Crippen molar-refractivity contribution >= 4 is 0 Å². The molecule has 0 aliphatic rings. The lowest BCUT2D eigenvalue weighted by molar-refractivity contribution is 0.259. The van der Waals surface area contributed by atoms with Crippen LogP contribution in [0.1, 0.15) is 24.3 Å². The first-order valence-electron chi connectivity index (χ1n) is 6.05. The van der Waals surface area contributed by atoms with Crippen LogP contribution < -0.4 is 10.5 Å². The number of benzene rings is 1. The van der Waals surface area contributed by atoms with Crippen molar-refractivity contribution in [1.29, 1.82) is 0 Å². The fraction of sp³-hybridized carbons (Fsp3) is 0.385. The number of rotatable bonds is 6. The molecule has 5 nitrogen and oxygen atoms in total. The summed E-state index contributed by atoms with van der Waals surface area (Å²) in [5.74, 6) is 1.91. The second-order valence-electron chi connectivity index (χ2n) is 3.91. The van der Waals surface area contributed by atoms with E-state index in [9.17, 15) is 0 Å². The maximum atomic E-state index is 5.56. The first kappa shape index (κ1) is 12.6. The van der Waals surface area contributed by atoms with Crippen LogP contribution in [0.25, 0.3) is 0 Å². The predicted molar refractivity (Wildman–Crippen MR) is 67.2 cm³/mol. The summed E-state index contributed by atoms with van der Waals surface area (Å²) in [7, 11) is 0. The minimum Gasteiger partial charge on any atom is -0.484 e. The minimum atomic E-state index is 0.295. The fourth-order valence-electron chi connectivity index (χ4n) is 1.55. The summed E-state index contributed by atoms with van der Waals surface area (Å²) in [6.07, 6.45) is 1.62. The highest BCUT2D eigenvalue weighted by molar-refractivity contribution is 5.27. The van der Waals surface area contributed by atoms with Crippen molar-refractivity contribution in [2.45, 2.75) is 26.4 Å². The zero-order chi connectivity index (χ0) is 12.8. The van der Waals surface area contributed by atoms with Crippen LogP contribution in [0.3, 0.4) is 0 Å². The molecule has 0 spiro atoms. The molecule has 5 heteroatoms. The molecule has 0 saturated heterocycles. The Hall–Kier alpha value is -1.88. The first-order chi connectivity index (χ1) is 8.81. The molecule has 0 bridgehead atoms. The standard InChI is InChI=1S/C13H17N3O2/c1-2-12-15-16-13(18-12)9-17-11-5-3-10(4-6-11)7-8-14/h3-6H,2,7-9,14H2,1H3. The SMILES string of the molecule is CCc1nnc(COc2ccc(CCN)cc2)o1. The first-order valence-corrected chi connectivity index (χ1v) is 6.05. The number of aryl methyl sites for hydroxylation is 1. The molecule has 2 aromatic rings. The summed E-state index contributed by atoms with van der Waals surface area (Å²) in [5.41, 5.74) is 6.69. The van der Waals surface area contributed by atoms with Crippen molar-refractivity contribution in [2.24, 2.45) is 5.73 Å². The third kappa shape index (κ3) is 3.30. The van der Waals surface area contributed by atoms with Crippen LogP contribution in [0.5, 0.6) is 5.75 Å². The zero-order valence-electron chi connectivity index (χ0n) is 10.4. The normalized spacial score (nSPS) is 10.6. The number of nitrogens with zero attached hydrogens (tertiary/aromatic N) is 2. The Balaban J connectivity index is 1.89. The Morgan fingerprint density at radius 3 is 2.50 bits per heavy atom. The molecule has 0 unspecified atom stereocenters. The number of hydrogen-bond donors (Lipinski definition) is 1. The average Bonchev–Trinajstić information content (AvgIpc) is 2.86. The molecule has 1 aromatic carbocycles. The lowest BCUT2D eigenvalue weighted by atomic mass is 10.1. The van der Waals surface area contributed by atoms with Crippen LogP contribution in [-0.2, 0) is 19.4 Å². The molecule has 0 atom stereocenters. The smallest absolute Gasteiger partial charge is 0.253 e. The van der Waals surface area contributed by atoms with Crippen LogP contribution in [-0.4, -0.2) is 16.7 Å². The van der Waals surface area contributed by atoms with E-state index in [0.717, 1.165) is 18.6 Å². The monoisotopic (exact) mass is 247 g/mol. The molecule has 1 heterocycles. The number of hydrogen-bond acceptors (Lipinski definition) is 5. The maximum Gasteiger partial charge on any atom is 0.253 e. The third-order valence-electron chi connectivity index (χ3n) is 2.53. The van der Waals surface area contributed by atoms with E-state index in [1.807, 2.05) is 31.2 Å². The molecular formula is C13H17N3O2. The summed E-state index contributed by atoms with van der Waals surface area (Å²) < 4.78 is 10.9. The van der Waals surface area contributed by atoms with E-state index < -0.39 is 0 Å². The zero-order valence-corrected chi connectivity index (χ0v) is 10.4. The highest BCUT2D eigenvalue weighted by Crippen LogP contribution is 2.14. The van der Waals surface area contributed by atoms with Gasteiger partial charge in [-0.1, -0.05) is 19.1 Å². The topological polar surface area (TPSA) is 74.2 Å². The van der Waals surface area contributed by atoms with Crippen molar-refractivity contribution in [1.82, 2.24) is 10.2 Å². The van der Waals surface area contributed by atoms with Gasteiger partial charge in [0.2, 0.25) is 5.89 Å². The van der Waals surface area contributed by atoms with E-state index in [1.165, 1.54) is 5.56 Å². The van der Waals surface area contributed by atoms with Gasteiger partial charge < -0.3 is 14.9 Å². The van der Waals surface area contributed by atoms with E-state index in [1.54, 1.807) is 0 Å². The molecule has 0 aliphatic carbocycles. The van der Waals surface area contributed by atoms with Gasteiger partial charge in [-0.2, -0.15) is 0 Å². The molecule has 18 heavy (non-hydrogen) atoms. The van der Waals surface area contributed by atoms with Crippen LogP contribution in [0.2, 0.25) is 0 Å². The van der Waals surface area contributed by atoms with Gasteiger partial charge in [0.1, 0.15) is 5.75 Å². The summed E-state index contributed by atoms with van der Waals surface area (Å²) in [6.45, 7) is 2.92. The average molecular weight is 247 g/mol. The van der Waals surface area contributed by atoms with E-state index in [0.29, 0.717) is 24.9 Å². The molecule has 0 amide bonds. The summed E-state index contributed by atoms with van der Waals surface area (Å²) in [4.78, 5) is 0. The Bertz CT molecular complexity index is 479. The van der Waals surface area contributed by atoms with Crippen molar-refractivity contribution in [2.75, 3.05) is 6.54 Å². The highest BCUT2D eigenvalue weighted by Gasteiger charge is 2.04. The van der Waals surface area contributed by atoms with Crippen molar-refractivity contribution in [3.8, 4) is 5.75 Å². The van der Waals surface area contributed by atoms with Crippen LogP contribution >= 0.6 is 0 Å². The number of nitrogens with two attached hydrogens (primary N) is 1. The van der Waals surface area contributed by atoms with Gasteiger partial charge in [-0.05, 0) is 30.7 Å². The van der Waals surface area contributed by atoms with Gasteiger partial charge >= 0.3 is 0 Å². The molecule has 0 fully saturated rings. The molecular weight excluding hydrogens is 230 g/mol. The molecule has 2 rings (SSSR count). The lowest BCUT2D eigenvalue weighted by Gasteiger charge is -2.04. The number of ether oxygens (including phenoxy) is 1. The van der Waals surface area contributed by atoms with Gasteiger partial charge in [0.15, 0.2) is 6.61 Å². The predicted octanol–water partition coefficient (Wildman–Crippen LogP) is 1.71. The van der Waals surface area contributed by atoms with E-state index in [-0.39, 0.29) is 0 Å². The molecule has 0 radical (unpaired) electrons. The van der Waals surface area contributed by atoms with Gasteiger partial charge in [0, 0.05) is 6.42 Å². The third-order valence-corrected chi connectivity index (χ3v) is 2.53. The molecule has 1 aromatic heterocycles. The van der Waals surface area contributed by atoms with Crippen LogP contribution in [0.4, 0.5) is 0 Å². The Morgan fingerprint density at radius 1 is 1.17 bits per heavy atom. The Kier molecular flexibility index (Phi) is 4.30. The highest BCUT2D eigenvalue weighted by atomic mass is 16.5. The lowest BCUT2D eigenvalue weighted by Crippen LogP contribution is -2.02. The molecule has 0 aliphatic heterocycles. The molecule has 2 N–H and O–H groups in total. The van der Waals surface area contributed by atoms with E-state index in [4.69, 9.17) is 14.9 Å². The van der Waals surface area contributed by atoms with Crippen molar-refractivity contribution in [3.05, 3.63) is 41.6 Å². The van der Waals surface area contributed by atoms with Crippen LogP contribution in [0.15, 0.2) is 28.7 Å². The van der Waals surface area contributed by atoms with Gasteiger partial charge in [0.25, 0.3) is 5.89 Å². The van der Waals surface area contributed by atoms with Gasteiger partial charge in [0.05, 0.1) is 0 Å². The quantitative estimate of drug-likeness (QED) is 0.841. The Morgan fingerprint density at radius 2 is 1.89 bits per heavy atom. The Labute approximate surface area is 106 Å². The summed E-state index contributed by atoms with van der Waals surface area (Å²) >= 11 is 0. The second kappa shape index (κ2) is 6.16. The molecule has 96 valence electrons. The van der Waals surface area contributed by atoms with Crippen LogP contribution in [0, 0.1) is 0 Å².